The molecule has 0 spiro atoms. The zero-order chi connectivity index (χ0) is 2.71. The molecule has 0 fully saturated rings. The van der Waals surface area contributed by atoms with Crippen LogP contribution >= 0.6 is 0 Å². The van der Waals surface area contributed by atoms with Crippen LogP contribution in [0.5, 0.6) is 0 Å². The Morgan fingerprint density at radius 2 is 1.80 bits per heavy atom. The minimum atomic E-state index is 0. The maximum absolute atomic E-state index is 7.57. The normalized spacial score (nSPS) is 3.60. The molecule has 0 saturated heterocycles. The van der Waals surface area contributed by atoms with Crippen LogP contribution in [0.15, 0.2) is 0 Å². The zero-order valence-corrected chi connectivity index (χ0v) is 4.89. The second-order valence-electron chi connectivity index (χ2n) is 0.316. The molecule has 0 aromatic heterocycles. The van der Waals surface area contributed by atoms with Gasteiger partial charge >= 0.3 is 36.2 Å². The maximum Gasteiger partial charge on any atom is 3.00 e. The van der Waals surface area contributed by atoms with Crippen molar-refractivity contribution in [2.75, 3.05) is 6.61 Å². The molecular formula is C2H10AlLiO. The number of rotatable bonds is 0. The van der Waals surface area contributed by atoms with Crippen molar-refractivity contribution in [3.05, 3.63) is 0 Å². The van der Waals surface area contributed by atoms with Gasteiger partial charge in [0.2, 0.25) is 0 Å². The van der Waals surface area contributed by atoms with Crippen molar-refractivity contribution >= 4 is 17.4 Å². The summed E-state index contributed by atoms with van der Waals surface area (Å²) in [6.07, 6.45) is 0. The van der Waals surface area contributed by atoms with E-state index in [1.807, 2.05) is 0 Å². The van der Waals surface area contributed by atoms with Crippen LogP contribution in [0.4, 0.5) is 0 Å². The van der Waals surface area contributed by atoms with E-state index in [2.05, 4.69) is 0 Å². The topological polar surface area (TPSA) is 20.2 Å². The molecule has 3 heteroatoms. The molecule has 0 aliphatic heterocycles. The van der Waals surface area contributed by atoms with E-state index in [9.17, 15) is 0 Å². The van der Waals surface area contributed by atoms with E-state index in [1.54, 1.807) is 6.92 Å². The van der Waals surface area contributed by atoms with Gasteiger partial charge in [-0.3, -0.25) is 0 Å². The van der Waals surface area contributed by atoms with Gasteiger partial charge in [0.15, 0.2) is 0 Å². The molecule has 0 heterocycles. The fraction of sp³-hybridized carbons (Fsp3) is 1.00. The number of aliphatic hydroxyl groups is 1. The molecular weight excluding hydrogens is 73.9 g/mol. The first-order valence-corrected chi connectivity index (χ1v) is 1.02. The molecule has 0 aromatic rings. The van der Waals surface area contributed by atoms with Gasteiger partial charge in [-0.15, -0.1) is 0 Å². The van der Waals surface area contributed by atoms with E-state index in [-0.39, 0.29) is 48.5 Å². The monoisotopic (exact) mass is 84.1 g/mol. The van der Waals surface area contributed by atoms with Crippen LogP contribution in [0.1, 0.15) is 12.6 Å². The Morgan fingerprint density at radius 1 is 1.80 bits per heavy atom. The van der Waals surface area contributed by atoms with Gasteiger partial charge in [0.25, 0.3) is 0 Å². The standard InChI is InChI=1S/C2H6O.Al.Li.4H/c1-2-3;;;;;;/h3H,2H2,1H3;;;;;;/q;+3;+1;4*-1. The second-order valence-corrected chi connectivity index (χ2v) is 0.316. The van der Waals surface area contributed by atoms with Crippen molar-refractivity contribution in [2.45, 2.75) is 6.92 Å². The molecule has 0 aliphatic carbocycles. The molecule has 0 aromatic carbocycles. The summed E-state index contributed by atoms with van der Waals surface area (Å²) in [5.74, 6) is 0. The van der Waals surface area contributed by atoms with Crippen LogP contribution < -0.4 is 18.9 Å². The van der Waals surface area contributed by atoms with Gasteiger partial charge < -0.3 is 10.8 Å². The first-order chi connectivity index (χ1) is 1.41. The van der Waals surface area contributed by atoms with Crippen LogP contribution in [0.3, 0.4) is 0 Å². The SMILES string of the molecule is CCO.[Al+3].[H-].[H-].[H-].[H-].[Li+]. The summed E-state index contributed by atoms with van der Waals surface area (Å²) in [4.78, 5) is 0. The molecule has 0 unspecified atom stereocenters. The predicted octanol–water partition coefficient (Wildman–Crippen LogP) is -2.93. The summed E-state index contributed by atoms with van der Waals surface area (Å²) >= 11 is 0. The summed E-state index contributed by atoms with van der Waals surface area (Å²) < 4.78 is 0. The first kappa shape index (κ1) is 16.5. The van der Waals surface area contributed by atoms with Crippen LogP contribution in [0, 0.1) is 0 Å². The zero-order valence-electron chi connectivity index (χ0n) is 7.73. The summed E-state index contributed by atoms with van der Waals surface area (Å²) in [6, 6.07) is 0. The largest absolute Gasteiger partial charge is 3.00 e. The number of aliphatic hydroxyl groups excluding tert-OH is 1. The van der Waals surface area contributed by atoms with Gasteiger partial charge in [0, 0.05) is 6.61 Å². The molecule has 5 heavy (non-hydrogen) atoms. The van der Waals surface area contributed by atoms with E-state index in [1.165, 1.54) is 0 Å². The van der Waals surface area contributed by atoms with Gasteiger partial charge in [-0.05, 0) is 6.92 Å². The quantitative estimate of drug-likeness (QED) is 0.311. The van der Waals surface area contributed by atoms with Crippen LogP contribution in [0.25, 0.3) is 0 Å². The molecule has 0 radical (unpaired) electrons. The van der Waals surface area contributed by atoms with Crippen LogP contribution in [0.2, 0.25) is 0 Å². The third-order valence-electron chi connectivity index (χ3n) is 0. The fourth-order valence-corrected chi connectivity index (χ4v) is 0. The van der Waals surface area contributed by atoms with Crippen molar-refractivity contribution < 1.29 is 29.7 Å². The molecule has 0 amide bonds. The van der Waals surface area contributed by atoms with Gasteiger partial charge in [0.05, 0.1) is 0 Å². The fourth-order valence-electron chi connectivity index (χ4n) is 0. The number of hydrogen-bond acceptors (Lipinski definition) is 1. The van der Waals surface area contributed by atoms with Crippen molar-refractivity contribution in [3.63, 3.8) is 0 Å². The van der Waals surface area contributed by atoms with Gasteiger partial charge in [-0.1, -0.05) is 0 Å². The molecule has 0 aliphatic rings. The first-order valence-electron chi connectivity index (χ1n) is 1.02. The van der Waals surface area contributed by atoms with Crippen LogP contribution in [-0.4, -0.2) is 29.1 Å². The minimum Gasteiger partial charge on any atom is -1.00 e. The Kier molecular flexibility index (Phi) is 64.4. The summed E-state index contributed by atoms with van der Waals surface area (Å²) in [7, 11) is 0. The molecule has 28 valence electrons. The maximum atomic E-state index is 7.57. The smallest absolute Gasteiger partial charge is 1.00 e. The van der Waals surface area contributed by atoms with E-state index in [4.69, 9.17) is 5.11 Å². The molecule has 0 bridgehead atoms. The van der Waals surface area contributed by atoms with Gasteiger partial charge in [-0.2, -0.15) is 0 Å². The van der Waals surface area contributed by atoms with Crippen molar-refractivity contribution in [2.24, 2.45) is 0 Å². The molecule has 0 saturated carbocycles. The Hall–Kier alpha value is 1.09. The summed E-state index contributed by atoms with van der Waals surface area (Å²) in [5, 5.41) is 7.57. The molecule has 1 N–H and O–H groups in total. The number of hydrogen-bond donors (Lipinski definition) is 1. The second kappa shape index (κ2) is 19.5. The Morgan fingerprint density at radius 3 is 1.80 bits per heavy atom. The molecule has 0 atom stereocenters. The third-order valence-corrected chi connectivity index (χ3v) is 0. The van der Waals surface area contributed by atoms with E-state index < -0.39 is 0 Å². The van der Waals surface area contributed by atoms with E-state index in [0.717, 1.165) is 0 Å². The van der Waals surface area contributed by atoms with Gasteiger partial charge in [0.1, 0.15) is 0 Å². The van der Waals surface area contributed by atoms with Gasteiger partial charge in [-0.25, -0.2) is 0 Å². The summed E-state index contributed by atoms with van der Waals surface area (Å²) in [6.45, 7) is 1.93. The van der Waals surface area contributed by atoms with Crippen molar-refractivity contribution in [3.8, 4) is 0 Å². The Labute approximate surface area is 61.0 Å². The predicted molar refractivity (Wildman–Crippen MR) is 23.0 cm³/mol. The molecule has 0 rings (SSSR count). The van der Waals surface area contributed by atoms with Crippen molar-refractivity contribution in [1.29, 1.82) is 0 Å². The molecule has 1 nitrogen and oxygen atoms in total. The Bertz CT molecular complexity index is 18.5. The Balaban J connectivity index is -0.00000000133. The van der Waals surface area contributed by atoms with Crippen LogP contribution in [-0.2, 0) is 0 Å². The average molecular weight is 84.0 g/mol. The van der Waals surface area contributed by atoms with E-state index in [0.29, 0.717) is 0 Å². The third kappa shape index (κ3) is 40.9. The van der Waals surface area contributed by atoms with E-state index >= 15 is 0 Å². The average Bonchev–Trinajstić information content (AvgIpc) is 0.918. The van der Waals surface area contributed by atoms with Crippen molar-refractivity contribution in [1.82, 2.24) is 0 Å². The minimum absolute atomic E-state index is 0. The summed E-state index contributed by atoms with van der Waals surface area (Å²) in [5.41, 5.74) is 0.